The van der Waals surface area contributed by atoms with Crippen molar-refractivity contribution in [3.63, 3.8) is 0 Å². The maximum absolute atomic E-state index is 10.6. The SMILES string of the molecule is COC(C=O)=C(OC)c1ccccc1. The average molecular weight is 192 g/mol. The normalized spacial score (nSPS) is 11.6. The van der Waals surface area contributed by atoms with Crippen LogP contribution in [0.4, 0.5) is 0 Å². The fourth-order valence-corrected chi connectivity index (χ4v) is 1.14. The third kappa shape index (κ3) is 2.13. The molecular weight excluding hydrogens is 180 g/mol. The van der Waals surface area contributed by atoms with Crippen molar-refractivity contribution in [1.82, 2.24) is 0 Å². The molecule has 0 saturated heterocycles. The smallest absolute Gasteiger partial charge is 0.201 e. The molecule has 0 aliphatic heterocycles. The van der Waals surface area contributed by atoms with Gasteiger partial charge in [0.25, 0.3) is 0 Å². The number of methoxy groups -OCH3 is 2. The van der Waals surface area contributed by atoms with E-state index in [2.05, 4.69) is 0 Å². The molecule has 0 saturated carbocycles. The summed E-state index contributed by atoms with van der Waals surface area (Å²) < 4.78 is 10.00. The molecule has 1 aromatic rings. The highest BCUT2D eigenvalue weighted by molar-refractivity contribution is 5.83. The highest BCUT2D eigenvalue weighted by Crippen LogP contribution is 2.18. The van der Waals surface area contributed by atoms with Crippen molar-refractivity contribution in [2.24, 2.45) is 0 Å². The standard InChI is InChI=1S/C11H12O3/c1-13-10(8-12)11(14-2)9-6-4-3-5-7-9/h3-8H,1-2H3. The molecule has 0 heterocycles. The van der Waals surface area contributed by atoms with Crippen LogP contribution in [0.3, 0.4) is 0 Å². The zero-order valence-corrected chi connectivity index (χ0v) is 8.19. The molecule has 0 fully saturated rings. The van der Waals surface area contributed by atoms with Crippen molar-refractivity contribution < 1.29 is 14.3 Å². The van der Waals surface area contributed by atoms with Crippen molar-refractivity contribution in [3.8, 4) is 0 Å². The van der Waals surface area contributed by atoms with Crippen LogP contribution >= 0.6 is 0 Å². The minimum atomic E-state index is 0.193. The summed E-state index contributed by atoms with van der Waals surface area (Å²) in [6.45, 7) is 0. The van der Waals surface area contributed by atoms with E-state index in [1.165, 1.54) is 14.2 Å². The van der Waals surface area contributed by atoms with Crippen molar-refractivity contribution in [1.29, 1.82) is 0 Å². The third-order valence-corrected chi connectivity index (χ3v) is 1.79. The molecule has 0 aromatic heterocycles. The van der Waals surface area contributed by atoms with Gasteiger partial charge in [-0.1, -0.05) is 30.3 Å². The van der Waals surface area contributed by atoms with Crippen molar-refractivity contribution in [3.05, 3.63) is 41.7 Å². The lowest BCUT2D eigenvalue weighted by atomic mass is 10.2. The minimum absolute atomic E-state index is 0.193. The van der Waals surface area contributed by atoms with E-state index in [-0.39, 0.29) is 5.76 Å². The van der Waals surface area contributed by atoms with Gasteiger partial charge in [-0.2, -0.15) is 0 Å². The van der Waals surface area contributed by atoms with E-state index >= 15 is 0 Å². The first-order chi connectivity index (χ1) is 6.83. The lowest BCUT2D eigenvalue weighted by Gasteiger charge is -2.08. The van der Waals surface area contributed by atoms with E-state index in [0.29, 0.717) is 12.0 Å². The van der Waals surface area contributed by atoms with Crippen LogP contribution in [0.25, 0.3) is 5.76 Å². The van der Waals surface area contributed by atoms with Gasteiger partial charge in [0.1, 0.15) is 0 Å². The number of carbonyl (C=O) groups is 1. The fraction of sp³-hybridized carbons (Fsp3) is 0.182. The Kier molecular flexibility index (Phi) is 3.73. The molecule has 1 aromatic carbocycles. The molecule has 0 bridgehead atoms. The number of aldehydes is 1. The number of ether oxygens (including phenoxy) is 2. The number of benzene rings is 1. The van der Waals surface area contributed by atoms with E-state index in [9.17, 15) is 4.79 Å². The zero-order valence-electron chi connectivity index (χ0n) is 8.19. The second-order valence-corrected chi connectivity index (χ2v) is 2.59. The Bertz CT molecular complexity index is 328. The van der Waals surface area contributed by atoms with E-state index in [1.807, 2.05) is 30.3 Å². The average Bonchev–Trinajstić information content (AvgIpc) is 2.27. The number of carbonyl (C=O) groups excluding carboxylic acids is 1. The molecule has 0 aliphatic rings. The van der Waals surface area contributed by atoms with Gasteiger partial charge in [-0.05, 0) is 0 Å². The summed E-state index contributed by atoms with van der Waals surface area (Å²) in [7, 11) is 2.94. The van der Waals surface area contributed by atoms with Crippen LogP contribution in [0.2, 0.25) is 0 Å². The predicted octanol–water partition coefficient (Wildman–Crippen LogP) is 1.85. The Hall–Kier alpha value is -1.77. The van der Waals surface area contributed by atoms with E-state index in [1.54, 1.807) is 0 Å². The number of allylic oxidation sites excluding steroid dienone is 1. The van der Waals surface area contributed by atoms with Crippen LogP contribution in [-0.2, 0) is 14.3 Å². The third-order valence-electron chi connectivity index (χ3n) is 1.79. The van der Waals surface area contributed by atoms with Gasteiger partial charge in [-0.3, -0.25) is 4.79 Å². The molecule has 0 radical (unpaired) electrons. The fourth-order valence-electron chi connectivity index (χ4n) is 1.14. The van der Waals surface area contributed by atoms with Crippen LogP contribution in [0, 0.1) is 0 Å². The quantitative estimate of drug-likeness (QED) is 0.415. The van der Waals surface area contributed by atoms with Crippen LogP contribution < -0.4 is 0 Å². The van der Waals surface area contributed by atoms with E-state index in [0.717, 1.165) is 5.56 Å². The first-order valence-corrected chi connectivity index (χ1v) is 4.16. The molecule has 14 heavy (non-hydrogen) atoms. The first kappa shape index (κ1) is 10.3. The monoisotopic (exact) mass is 192 g/mol. The van der Waals surface area contributed by atoms with Gasteiger partial charge in [0.2, 0.25) is 5.76 Å². The summed E-state index contributed by atoms with van der Waals surface area (Å²) in [5.41, 5.74) is 0.818. The maximum atomic E-state index is 10.6. The Morgan fingerprint density at radius 1 is 1.14 bits per heavy atom. The van der Waals surface area contributed by atoms with E-state index < -0.39 is 0 Å². The second kappa shape index (κ2) is 5.07. The molecule has 0 N–H and O–H groups in total. The predicted molar refractivity (Wildman–Crippen MR) is 53.4 cm³/mol. The zero-order chi connectivity index (χ0) is 10.4. The van der Waals surface area contributed by atoms with Crippen molar-refractivity contribution in [2.75, 3.05) is 14.2 Å². The number of rotatable bonds is 4. The molecule has 0 spiro atoms. The highest BCUT2D eigenvalue weighted by atomic mass is 16.5. The topological polar surface area (TPSA) is 35.5 Å². The van der Waals surface area contributed by atoms with Crippen LogP contribution in [0.5, 0.6) is 0 Å². The van der Waals surface area contributed by atoms with Gasteiger partial charge in [0.05, 0.1) is 14.2 Å². The molecule has 3 nitrogen and oxygen atoms in total. The summed E-state index contributed by atoms with van der Waals surface area (Å²) in [6, 6.07) is 9.33. The first-order valence-electron chi connectivity index (χ1n) is 4.16. The molecule has 3 heteroatoms. The maximum Gasteiger partial charge on any atom is 0.201 e. The van der Waals surface area contributed by atoms with Gasteiger partial charge in [0.15, 0.2) is 12.0 Å². The minimum Gasteiger partial charge on any atom is -0.492 e. The largest absolute Gasteiger partial charge is 0.492 e. The Morgan fingerprint density at radius 2 is 1.79 bits per heavy atom. The summed E-state index contributed by atoms with van der Waals surface area (Å²) in [6.07, 6.45) is 0.631. The second-order valence-electron chi connectivity index (χ2n) is 2.59. The van der Waals surface area contributed by atoms with E-state index in [4.69, 9.17) is 9.47 Å². The summed E-state index contributed by atoms with van der Waals surface area (Å²) in [4.78, 5) is 10.6. The molecular formula is C11H12O3. The summed E-state index contributed by atoms with van der Waals surface area (Å²) >= 11 is 0. The van der Waals surface area contributed by atoms with Crippen LogP contribution in [0.1, 0.15) is 5.56 Å². The van der Waals surface area contributed by atoms with Crippen molar-refractivity contribution in [2.45, 2.75) is 0 Å². The van der Waals surface area contributed by atoms with Gasteiger partial charge in [-0.25, -0.2) is 0 Å². The summed E-state index contributed by atoms with van der Waals surface area (Å²) in [5, 5.41) is 0. The lowest BCUT2D eigenvalue weighted by Crippen LogP contribution is -1.97. The van der Waals surface area contributed by atoms with Gasteiger partial charge >= 0.3 is 0 Å². The Balaban J connectivity index is 3.15. The molecule has 0 atom stereocenters. The number of hydrogen-bond acceptors (Lipinski definition) is 3. The van der Waals surface area contributed by atoms with Gasteiger partial charge in [-0.15, -0.1) is 0 Å². The highest BCUT2D eigenvalue weighted by Gasteiger charge is 2.08. The Morgan fingerprint density at radius 3 is 2.21 bits per heavy atom. The molecule has 0 aliphatic carbocycles. The van der Waals surface area contributed by atoms with Crippen molar-refractivity contribution >= 4 is 12.0 Å². The molecule has 0 unspecified atom stereocenters. The molecule has 0 amide bonds. The van der Waals surface area contributed by atoms with Crippen LogP contribution in [0.15, 0.2) is 36.1 Å². The summed E-state index contributed by atoms with van der Waals surface area (Å²) in [5.74, 6) is 0.641. The number of hydrogen-bond donors (Lipinski definition) is 0. The van der Waals surface area contributed by atoms with Crippen LogP contribution in [-0.4, -0.2) is 20.5 Å². The molecule has 74 valence electrons. The lowest BCUT2D eigenvalue weighted by molar-refractivity contribution is -0.107. The molecule has 1 rings (SSSR count). The van der Waals surface area contributed by atoms with Gasteiger partial charge in [0, 0.05) is 5.56 Å². The van der Waals surface area contributed by atoms with Gasteiger partial charge < -0.3 is 9.47 Å². The Labute approximate surface area is 83.0 Å².